The quantitative estimate of drug-likeness (QED) is 0.276. The van der Waals surface area contributed by atoms with Crippen LogP contribution in [-0.4, -0.2) is 68.2 Å². The van der Waals surface area contributed by atoms with Crippen molar-refractivity contribution in [2.45, 2.75) is 58.9 Å². The second-order valence-corrected chi connectivity index (χ2v) is 6.44. The van der Waals surface area contributed by atoms with Gasteiger partial charge in [0.15, 0.2) is 5.54 Å². The molecule has 150 valence electrons. The summed E-state index contributed by atoms with van der Waals surface area (Å²) in [6, 6.07) is -1.05. The SMILES string of the molecule is C=C(C)C(=O)OC(OC(=O)C(=C)C)C1(C)C(=O)N(C(C)O)C(=O)N1C(C)O. The fourth-order valence-electron chi connectivity index (χ4n) is 2.49. The summed E-state index contributed by atoms with van der Waals surface area (Å²) in [6.45, 7) is 13.0. The molecule has 0 radical (unpaired) electrons. The van der Waals surface area contributed by atoms with Crippen molar-refractivity contribution in [3.05, 3.63) is 24.3 Å². The van der Waals surface area contributed by atoms with E-state index in [1.165, 1.54) is 20.8 Å². The molecule has 1 aliphatic rings. The molecule has 1 saturated heterocycles. The van der Waals surface area contributed by atoms with Gasteiger partial charge in [0, 0.05) is 11.1 Å². The van der Waals surface area contributed by atoms with E-state index in [4.69, 9.17) is 9.47 Å². The average Bonchev–Trinajstić information content (AvgIpc) is 2.73. The second kappa shape index (κ2) is 7.89. The van der Waals surface area contributed by atoms with Crippen LogP contribution in [0.15, 0.2) is 24.3 Å². The first-order chi connectivity index (χ1) is 12.3. The third-order valence-corrected chi connectivity index (χ3v) is 3.90. The van der Waals surface area contributed by atoms with Crippen LogP contribution in [0, 0.1) is 0 Å². The molecule has 0 aliphatic carbocycles. The molecule has 0 saturated carbocycles. The zero-order chi connectivity index (χ0) is 21.3. The van der Waals surface area contributed by atoms with Crippen LogP contribution in [0.2, 0.25) is 0 Å². The van der Waals surface area contributed by atoms with Crippen LogP contribution < -0.4 is 0 Å². The number of hydrogen-bond donors (Lipinski definition) is 2. The first kappa shape index (κ1) is 22.3. The van der Waals surface area contributed by atoms with E-state index in [2.05, 4.69) is 13.2 Å². The Morgan fingerprint density at radius 1 is 1.00 bits per heavy atom. The second-order valence-electron chi connectivity index (χ2n) is 6.44. The minimum Gasteiger partial charge on any atom is -0.419 e. The van der Waals surface area contributed by atoms with Gasteiger partial charge in [0.25, 0.3) is 12.2 Å². The zero-order valence-electron chi connectivity index (χ0n) is 15.9. The molecule has 0 aromatic carbocycles. The lowest BCUT2D eigenvalue weighted by molar-refractivity contribution is -0.210. The van der Waals surface area contributed by atoms with Crippen LogP contribution in [0.1, 0.15) is 34.6 Å². The maximum absolute atomic E-state index is 12.9. The first-order valence-corrected chi connectivity index (χ1v) is 8.02. The van der Waals surface area contributed by atoms with Crippen molar-refractivity contribution in [1.82, 2.24) is 9.80 Å². The average molecular weight is 384 g/mol. The summed E-state index contributed by atoms with van der Waals surface area (Å²) in [5.41, 5.74) is -2.25. The molecule has 3 atom stereocenters. The highest BCUT2D eigenvalue weighted by Crippen LogP contribution is 2.36. The number of esters is 2. The summed E-state index contributed by atoms with van der Waals surface area (Å²) in [5, 5.41) is 19.8. The number of carbonyl (C=O) groups excluding carboxylic acids is 4. The number of ether oxygens (including phenoxy) is 2. The number of hydrogen-bond acceptors (Lipinski definition) is 8. The van der Waals surface area contributed by atoms with E-state index < -0.39 is 48.2 Å². The van der Waals surface area contributed by atoms with Gasteiger partial charge >= 0.3 is 18.0 Å². The summed E-state index contributed by atoms with van der Waals surface area (Å²) in [6.07, 6.45) is -5.01. The van der Waals surface area contributed by atoms with Gasteiger partial charge in [-0.05, 0) is 34.6 Å². The molecule has 1 heterocycles. The molecule has 2 N–H and O–H groups in total. The minimum atomic E-state index is -2.14. The standard InChI is InChI=1S/C17H24N2O8/c1-8(2)12(22)26-15(27-13(23)9(3)4)17(7)14(24)18(10(5)20)16(25)19(17)11(6)21/h10-11,15,20-21H,1,3H2,2,4-7H3. The van der Waals surface area contributed by atoms with Crippen LogP contribution >= 0.6 is 0 Å². The summed E-state index contributed by atoms with van der Waals surface area (Å²) >= 11 is 0. The molecule has 0 aromatic rings. The van der Waals surface area contributed by atoms with E-state index >= 15 is 0 Å². The predicted molar refractivity (Wildman–Crippen MR) is 91.4 cm³/mol. The first-order valence-electron chi connectivity index (χ1n) is 8.02. The number of amides is 3. The molecule has 1 rings (SSSR count). The molecule has 1 fully saturated rings. The lowest BCUT2D eigenvalue weighted by Gasteiger charge is -2.38. The third kappa shape index (κ3) is 4.01. The van der Waals surface area contributed by atoms with Gasteiger partial charge in [-0.25, -0.2) is 19.3 Å². The molecule has 0 spiro atoms. The molecule has 3 unspecified atom stereocenters. The van der Waals surface area contributed by atoms with Crippen molar-refractivity contribution < 1.29 is 38.9 Å². The number of aliphatic hydroxyl groups is 2. The largest absolute Gasteiger partial charge is 0.419 e. The van der Waals surface area contributed by atoms with Crippen LogP contribution in [0.3, 0.4) is 0 Å². The van der Waals surface area contributed by atoms with Crippen molar-refractivity contribution in [3.8, 4) is 0 Å². The lowest BCUT2D eigenvalue weighted by atomic mass is 9.98. The van der Waals surface area contributed by atoms with E-state index in [0.29, 0.717) is 9.80 Å². The Bertz CT molecular complexity index is 671. The molecule has 0 aromatic heterocycles. The number of urea groups is 1. The van der Waals surface area contributed by atoms with Crippen molar-refractivity contribution >= 4 is 23.9 Å². The third-order valence-electron chi connectivity index (χ3n) is 3.90. The van der Waals surface area contributed by atoms with Crippen LogP contribution in [0.5, 0.6) is 0 Å². The molecule has 0 bridgehead atoms. The molecular weight excluding hydrogens is 360 g/mol. The van der Waals surface area contributed by atoms with Crippen molar-refractivity contribution in [2.75, 3.05) is 0 Å². The summed E-state index contributed by atoms with van der Waals surface area (Å²) in [7, 11) is 0. The van der Waals surface area contributed by atoms with Gasteiger partial charge in [-0.15, -0.1) is 0 Å². The Hall–Kier alpha value is -2.72. The topological polar surface area (TPSA) is 134 Å². The number of imide groups is 1. The molecule has 27 heavy (non-hydrogen) atoms. The Balaban J connectivity index is 3.52. The molecule has 10 nitrogen and oxygen atoms in total. The van der Waals surface area contributed by atoms with Gasteiger partial charge in [0.1, 0.15) is 12.5 Å². The van der Waals surface area contributed by atoms with E-state index in [9.17, 15) is 29.4 Å². The van der Waals surface area contributed by atoms with Gasteiger partial charge in [0.05, 0.1) is 0 Å². The number of carbonyl (C=O) groups is 4. The summed E-state index contributed by atoms with van der Waals surface area (Å²) in [4.78, 5) is 50.6. The monoisotopic (exact) mass is 384 g/mol. The predicted octanol–water partition coefficient (Wildman–Crippen LogP) is 0.251. The highest BCUT2D eigenvalue weighted by molar-refractivity contribution is 6.07. The summed E-state index contributed by atoms with van der Waals surface area (Å²) in [5.74, 6) is -3.01. The van der Waals surface area contributed by atoms with Crippen molar-refractivity contribution in [2.24, 2.45) is 0 Å². The Kier molecular flexibility index (Phi) is 6.52. The Labute approximate surface area is 156 Å². The van der Waals surface area contributed by atoms with Gasteiger partial charge < -0.3 is 19.7 Å². The Morgan fingerprint density at radius 2 is 1.41 bits per heavy atom. The zero-order valence-corrected chi connectivity index (χ0v) is 15.9. The molecule has 3 amide bonds. The maximum atomic E-state index is 12.9. The van der Waals surface area contributed by atoms with Crippen LogP contribution in [0.4, 0.5) is 4.79 Å². The van der Waals surface area contributed by atoms with E-state index in [1.54, 1.807) is 0 Å². The van der Waals surface area contributed by atoms with E-state index in [0.717, 1.165) is 13.8 Å². The molecular formula is C17H24N2O8. The highest BCUT2D eigenvalue weighted by Gasteiger charge is 2.64. The number of aliphatic hydroxyl groups excluding tert-OH is 2. The minimum absolute atomic E-state index is 0.0530. The van der Waals surface area contributed by atoms with Crippen molar-refractivity contribution in [1.29, 1.82) is 0 Å². The Morgan fingerprint density at radius 3 is 1.70 bits per heavy atom. The smallest absolute Gasteiger partial charge is 0.336 e. The van der Waals surface area contributed by atoms with E-state index in [-0.39, 0.29) is 11.1 Å². The highest BCUT2D eigenvalue weighted by atomic mass is 16.7. The van der Waals surface area contributed by atoms with E-state index in [1.807, 2.05) is 0 Å². The van der Waals surface area contributed by atoms with Crippen LogP contribution in [0.25, 0.3) is 0 Å². The maximum Gasteiger partial charge on any atom is 0.336 e. The van der Waals surface area contributed by atoms with Gasteiger partial charge in [-0.2, -0.15) is 0 Å². The van der Waals surface area contributed by atoms with Gasteiger partial charge in [-0.3, -0.25) is 9.69 Å². The number of nitrogens with zero attached hydrogens (tertiary/aromatic N) is 2. The van der Waals surface area contributed by atoms with Gasteiger partial charge in [0.2, 0.25) is 0 Å². The summed E-state index contributed by atoms with van der Waals surface area (Å²) < 4.78 is 10.2. The van der Waals surface area contributed by atoms with Gasteiger partial charge in [-0.1, -0.05) is 13.2 Å². The normalized spacial score (nSPS) is 21.9. The van der Waals surface area contributed by atoms with Crippen LogP contribution in [-0.2, 0) is 23.9 Å². The lowest BCUT2D eigenvalue weighted by Crippen LogP contribution is -2.61. The molecule has 1 aliphatic heterocycles. The number of rotatable bonds is 7. The molecule has 10 heteroatoms. The fourth-order valence-corrected chi connectivity index (χ4v) is 2.49. The van der Waals surface area contributed by atoms with Crippen molar-refractivity contribution in [3.63, 3.8) is 0 Å². The fraction of sp³-hybridized carbons (Fsp3) is 0.529.